The van der Waals surface area contributed by atoms with Crippen LogP contribution in [0.1, 0.15) is 5.82 Å². The maximum atomic E-state index is 11.6. The molecule has 14 heavy (non-hydrogen) atoms. The Labute approximate surface area is 83.9 Å². The van der Waals surface area contributed by atoms with Gasteiger partial charge in [-0.05, 0) is 11.4 Å². The predicted octanol–water partition coefficient (Wildman–Crippen LogP) is 0.235. The molecule has 0 amide bonds. The summed E-state index contributed by atoms with van der Waals surface area (Å²) in [5.41, 5.74) is 0. The number of aromatic nitrogens is 4. The molecule has 0 spiro atoms. The number of rotatable bonds is 3. The Kier molecular flexibility index (Phi) is 2.30. The van der Waals surface area contributed by atoms with Crippen molar-refractivity contribution in [2.24, 2.45) is 0 Å². The normalized spacial score (nSPS) is 11.7. The van der Waals surface area contributed by atoms with Gasteiger partial charge in [0.05, 0.1) is 4.90 Å². The maximum absolute atomic E-state index is 11.6. The second kappa shape index (κ2) is 3.46. The summed E-state index contributed by atoms with van der Waals surface area (Å²) in [7, 11) is -3.31. The number of H-pyrrole nitrogens is 1. The van der Waals surface area contributed by atoms with Gasteiger partial charge in [0, 0.05) is 5.38 Å². The van der Waals surface area contributed by atoms with Gasteiger partial charge in [-0.15, -0.1) is 10.2 Å². The molecule has 2 aromatic rings. The van der Waals surface area contributed by atoms with Crippen LogP contribution in [0.15, 0.2) is 21.7 Å². The van der Waals surface area contributed by atoms with E-state index in [0.29, 0.717) is 4.90 Å². The van der Waals surface area contributed by atoms with E-state index in [9.17, 15) is 8.42 Å². The van der Waals surface area contributed by atoms with Gasteiger partial charge in [-0.25, -0.2) is 8.42 Å². The van der Waals surface area contributed by atoms with Crippen molar-refractivity contribution in [2.75, 3.05) is 0 Å². The number of hydrogen-bond acceptors (Lipinski definition) is 6. The average Bonchev–Trinajstić information content (AvgIpc) is 2.71. The van der Waals surface area contributed by atoms with Crippen molar-refractivity contribution in [1.82, 2.24) is 20.6 Å². The Morgan fingerprint density at radius 1 is 1.50 bits per heavy atom. The summed E-state index contributed by atoms with van der Waals surface area (Å²) in [5.74, 6) is -0.0450. The van der Waals surface area contributed by atoms with E-state index in [0.717, 1.165) is 0 Å². The monoisotopic (exact) mass is 230 g/mol. The summed E-state index contributed by atoms with van der Waals surface area (Å²) in [4.78, 5) is 0.298. The van der Waals surface area contributed by atoms with E-state index in [-0.39, 0.29) is 11.6 Å². The Balaban J connectivity index is 2.27. The van der Waals surface area contributed by atoms with Crippen LogP contribution in [0, 0.1) is 0 Å². The van der Waals surface area contributed by atoms with Gasteiger partial charge >= 0.3 is 0 Å². The van der Waals surface area contributed by atoms with Crippen LogP contribution in [0.5, 0.6) is 0 Å². The lowest BCUT2D eigenvalue weighted by Gasteiger charge is -1.96. The maximum Gasteiger partial charge on any atom is 0.189 e. The van der Waals surface area contributed by atoms with Crippen LogP contribution in [0.4, 0.5) is 0 Å². The van der Waals surface area contributed by atoms with E-state index in [4.69, 9.17) is 0 Å². The molecule has 0 unspecified atom stereocenters. The van der Waals surface area contributed by atoms with Crippen LogP contribution in [0.2, 0.25) is 0 Å². The van der Waals surface area contributed by atoms with Crippen molar-refractivity contribution < 1.29 is 8.42 Å². The second-order valence-corrected chi connectivity index (χ2v) is 5.32. The van der Waals surface area contributed by atoms with Gasteiger partial charge in [0.25, 0.3) is 0 Å². The van der Waals surface area contributed by atoms with E-state index in [1.165, 1.54) is 11.3 Å². The molecule has 0 aliphatic rings. The molecule has 2 rings (SSSR count). The quantitative estimate of drug-likeness (QED) is 0.815. The fraction of sp³-hybridized carbons (Fsp3) is 0.167. The zero-order valence-corrected chi connectivity index (χ0v) is 8.55. The van der Waals surface area contributed by atoms with Crippen molar-refractivity contribution in [1.29, 1.82) is 0 Å². The van der Waals surface area contributed by atoms with Crippen molar-refractivity contribution in [2.45, 2.75) is 10.6 Å². The molecular weight excluding hydrogens is 224 g/mol. The highest BCUT2D eigenvalue weighted by atomic mass is 32.2. The summed E-state index contributed by atoms with van der Waals surface area (Å²) in [6, 6.07) is 1.56. The van der Waals surface area contributed by atoms with Crippen LogP contribution in [-0.2, 0) is 15.6 Å². The van der Waals surface area contributed by atoms with Crippen molar-refractivity contribution in [3.05, 3.63) is 22.7 Å². The van der Waals surface area contributed by atoms with Gasteiger partial charge in [0.1, 0.15) is 5.75 Å². The summed E-state index contributed by atoms with van der Waals surface area (Å²) < 4.78 is 23.3. The lowest BCUT2D eigenvalue weighted by molar-refractivity contribution is 0.594. The SMILES string of the molecule is O=S(=O)(Cc1nn[nH]n1)c1ccsc1. The first kappa shape index (κ1) is 9.28. The number of nitrogens with zero attached hydrogens (tertiary/aromatic N) is 3. The van der Waals surface area contributed by atoms with Crippen LogP contribution in [0.25, 0.3) is 0 Å². The third-order valence-electron chi connectivity index (χ3n) is 1.56. The fourth-order valence-electron chi connectivity index (χ4n) is 0.926. The van der Waals surface area contributed by atoms with Crippen molar-refractivity contribution in [3.63, 3.8) is 0 Å². The highest BCUT2D eigenvalue weighted by molar-refractivity contribution is 7.90. The molecule has 0 aliphatic carbocycles. The number of nitrogens with one attached hydrogen (secondary N) is 1. The second-order valence-electron chi connectivity index (χ2n) is 2.55. The fourth-order valence-corrected chi connectivity index (χ4v) is 3.19. The Morgan fingerprint density at radius 3 is 2.93 bits per heavy atom. The molecule has 2 aromatic heterocycles. The summed E-state index contributed by atoms with van der Waals surface area (Å²) >= 11 is 1.34. The Hall–Kier alpha value is -1.28. The van der Waals surface area contributed by atoms with Gasteiger partial charge in [-0.1, -0.05) is 5.21 Å². The van der Waals surface area contributed by atoms with Crippen LogP contribution < -0.4 is 0 Å². The van der Waals surface area contributed by atoms with E-state index < -0.39 is 9.84 Å². The molecule has 0 aliphatic heterocycles. The molecule has 0 bridgehead atoms. The first-order chi connectivity index (χ1) is 6.68. The molecule has 8 heteroatoms. The zero-order valence-electron chi connectivity index (χ0n) is 6.91. The summed E-state index contributed by atoms with van der Waals surface area (Å²) in [5, 5.41) is 16.0. The van der Waals surface area contributed by atoms with Gasteiger partial charge in [-0.2, -0.15) is 16.6 Å². The molecule has 0 radical (unpaired) electrons. The van der Waals surface area contributed by atoms with Gasteiger partial charge in [0.2, 0.25) is 0 Å². The standard InChI is InChI=1S/C6H6N4O2S2/c11-14(12,5-1-2-13-3-5)4-6-7-9-10-8-6/h1-3H,4H2,(H,7,8,9,10). The highest BCUT2D eigenvalue weighted by Gasteiger charge is 2.17. The molecular formula is C6H6N4O2S2. The molecule has 1 N–H and O–H groups in total. The topological polar surface area (TPSA) is 88.6 Å². The Bertz CT molecular complexity index is 488. The third kappa shape index (κ3) is 1.80. The number of thiophene rings is 1. The highest BCUT2D eigenvalue weighted by Crippen LogP contribution is 2.16. The van der Waals surface area contributed by atoms with E-state index in [2.05, 4.69) is 20.6 Å². The average molecular weight is 230 g/mol. The Morgan fingerprint density at radius 2 is 2.36 bits per heavy atom. The molecule has 0 saturated carbocycles. The van der Waals surface area contributed by atoms with Gasteiger partial charge in [-0.3, -0.25) is 0 Å². The number of hydrogen-bond donors (Lipinski definition) is 1. The molecule has 0 saturated heterocycles. The lowest BCUT2D eigenvalue weighted by atomic mass is 10.7. The van der Waals surface area contributed by atoms with E-state index >= 15 is 0 Å². The number of aromatic amines is 1. The zero-order chi connectivity index (χ0) is 10.0. The van der Waals surface area contributed by atoms with Crippen LogP contribution in [0.3, 0.4) is 0 Å². The van der Waals surface area contributed by atoms with Crippen LogP contribution in [-0.4, -0.2) is 29.0 Å². The largest absolute Gasteiger partial charge is 0.223 e. The molecule has 0 fully saturated rings. The summed E-state index contributed by atoms with van der Waals surface area (Å²) in [6.45, 7) is 0. The summed E-state index contributed by atoms with van der Waals surface area (Å²) in [6.07, 6.45) is 0. The molecule has 0 atom stereocenters. The molecule has 74 valence electrons. The minimum absolute atomic E-state index is 0.177. The predicted molar refractivity (Wildman–Crippen MR) is 49.4 cm³/mol. The van der Waals surface area contributed by atoms with Gasteiger partial charge in [0.15, 0.2) is 15.7 Å². The minimum atomic E-state index is -3.31. The lowest BCUT2D eigenvalue weighted by Crippen LogP contribution is -2.05. The molecule has 2 heterocycles. The van der Waals surface area contributed by atoms with E-state index in [1.807, 2.05) is 0 Å². The van der Waals surface area contributed by atoms with Crippen molar-refractivity contribution >= 4 is 21.2 Å². The number of tetrazole rings is 1. The smallest absolute Gasteiger partial charge is 0.189 e. The first-order valence-corrected chi connectivity index (χ1v) is 6.25. The first-order valence-electron chi connectivity index (χ1n) is 3.66. The van der Waals surface area contributed by atoms with Crippen molar-refractivity contribution in [3.8, 4) is 0 Å². The van der Waals surface area contributed by atoms with E-state index in [1.54, 1.807) is 16.8 Å². The van der Waals surface area contributed by atoms with Gasteiger partial charge < -0.3 is 0 Å². The molecule has 6 nitrogen and oxygen atoms in total. The minimum Gasteiger partial charge on any atom is -0.223 e. The molecule has 0 aromatic carbocycles. The number of sulfone groups is 1. The third-order valence-corrected chi connectivity index (χ3v) is 4.01. The van der Waals surface area contributed by atoms with Crippen LogP contribution >= 0.6 is 11.3 Å².